The number of para-hydroxylation sites is 2. The van der Waals surface area contributed by atoms with Crippen molar-refractivity contribution < 1.29 is 18.7 Å². The van der Waals surface area contributed by atoms with Gasteiger partial charge in [-0.15, -0.1) is 0 Å². The zero-order valence-electron chi connectivity index (χ0n) is 17.2. The topological polar surface area (TPSA) is 84.7 Å². The Morgan fingerprint density at radius 1 is 1.27 bits per heavy atom. The highest BCUT2D eigenvalue weighted by Crippen LogP contribution is 2.29. The molecular formula is C23H25N3O4. The number of anilines is 1. The van der Waals surface area contributed by atoms with E-state index in [1.54, 1.807) is 18.2 Å². The van der Waals surface area contributed by atoms with Crippen LogP contribution < -0.4 is 5.32 Å². The normalized spacial score (nSPS) is 17.1. The Morgan fingerprint density at radius 2 is 2.10 bits per heavy atom. The minimum Gasteiger partial charge on any atom is -0.465 e. The molecular weight excluding hydrogens is 382 g/mol. The number of aryl methyl sites for hydroxylation is 1. The minimum absolute atomic E-state index is 0.113. The first-order chi connectivity index (χ1) is 14.5. The Hall–Kier alpha value is -3.19. The summed E-state index contributed by atoms with van der Waals surface area (Å²) in [6.45, 7) is 3.74. The highest BCUT2D eigenvalue weighted by Gasteiger charge is 2.26. The third-order valence-corrected chi connectivity index (χ3v) is 5.47. The number of nitrogens with zero attached hydrogens (tertiary/aromatic N) is 2. The third-order valence-electron chi connectivity index (χ3n) is 5.47. The lowest BCUT2D eigenvalue weighted by Gasteiger charge is -2.30. The van der Waals surface area contributed by atoms with Crippen LogP contribution in [0.2, 0.25) is 0 Å². The number of aromatic nitrogens is 1. The van der Waals surface area contributed by atoms with E-state index in [0.29, 0.717) is 11.3 Å². The van der Waals surface area contributed by atoms with Crippen LogP contribution in [0.4, 0.5) is 5.69 Å². The van der Waals surface area contributed by atoms with Gasteiger partial charge in [-0.25, -0.2) is 9.78 Å². The van der Waals surface area contributed by atoms with E-state index in [-0.39, 0.29) is 18.4 Å². The smallest absolute Gasteiger partial charge is 0.337 e. The van der Waals surface area contributed by atoms with Crippen molar-refractivity contribution in [3.63, 3.8) is 0 Å². The fourth-order valence-electron chi connectivity index (χ4n) is 3.86. The van der Waals surface area contributed by atoms with Gasteiger partial charge in [-0.1, -0.05) is 18.2 Å². The quantitative estimate of drug-likeness (QED) is 0.649. The zero-order chi connectivity index (χ0) is 21.1. The third kappa shape index (κ3) is 4.36. The van der Waals surface area contributed by atoms with Gasteiger partial charge in [0.25, 0.3) is 0 Å². The van der Waals surface area contributed by atoms with Crippen LogP contribution in [0.5, 0.6) is 0 Å². The van der Waals surface area contributed by atoms with E-state index in [0.717, 1.165) is 48.5 Å². The average Bonchev–Trinajstić information content (AvgIpc) is 3.19. The largest absolute Gasteiger partial charge is 0.465 e. The Bertz CT molecular complexity index is 1040. The van der Waals surface area contributed by atoms with Gasteiger partial charge in [0, 0.05) is 18.2 Å². The van der Waals surface area contributed by atoms with E-state index in [4.69, 9.17) is 9.15 Å². The Balaban J connectivity index is 1.40. The van der Waals surface area contributed by atoms with Gasteiger partial charge in [0.1, 0.15) is 5.52 Å². The highest BCUT2D eigenvalue weighted by molar-refractivity contribution is 5.96. The van der Waals surface area contributed by atoms with Crippen molar-refractivity contribution in [2.45, 2.75) is 25.7 Å². The summed E-state index contributed by atoms with van der Waals surface area (Å²) in [4.78, 5) is 31.2. The summed E-state index contributed by atoms with van der Waals surface area (Å²) < 4.78 is 10.7. The van der Waals surface area contributed by atoms with E-state index in [1.165, 1.54) is 7.11 Å². The molecule has 0 saturated carbocycles. The first kappa shape index (κ1) is 20.1. The molecule has 1 fully saturated rings. The second-order valence-corrected chi connectivity index (χ2v) is 7.66. The maximum atomic E-state index is 12.7. The number of piperidine rings is 1. The number of ether oxygens (including phenoxy) is 1. The summed E-state index contributed by atoms with van der Waals surface area (Å²) >= 11 is 0. The number of rotatable bonds is 5. The number of hydrogen-bond acceptors (Lipinski definition) is 6. The highest BCUT2D eigenvalue weighted by atomic mass is 16.5. The molecule has 0 aliphatic carbocycles. The predicted molar refractivity (Wildman–Crippen MR) is 114 cm³/mol. The standard InChI is InChI=1S/C23H25N3O4/c1-15-9-10-16(23(28)29-2)12-19(15)24-21(27)14-26-11-5-6-17(13-26)22-25-18-7-3-4-8-20(18)30-22/h3-4,7-10,12,17H,5-6,11,13-14H2,1-2H3,(H,24,27). The second-order valence-electron chi connectivity index (χ2n) is 7.66. The molecule has 0 radical (unpaired) electrons. The van der Waals surface area contributed by atoms with Gasteiger partial charge < -0.3 is 14.5 Å². The molecule has 1 atom stereocenters. The first-order valence-electron chi connectivity index (χ1n) is 10.1. The minimum atomic E-state index is -0.428. The van der Waals surface area contributed by atoms with Gasteiger partial charge in [0.15, 0.2) is 11.5 Å². The number of carbonyl (C=O) groups excluding carboxylic acids is 2. The maximum Gasteiger partial charge on any atom is 0.337 e. The molecule has 2 heterocycles. The molecule has 1 N–H and O–H groups in total. The summed E-state index contributed by atoms with van der Waals surface area (Å²) in [5.74, 6) is 0.368. The van der Waals surface area contributed by atoms with E-state index in [1.807, 2.05) is 31.2 Å². The van der Waals surface area contributed by atoms with Crippen molar-refractivity contribution in [1.29, 1.82) is 0 Å². The lowest BCUT2D eigenvalue weighted by molar-refractivity contribution is -0.117. The predicted octanol–water partition coefficient (Wildman–Crippen LogP) is 3.74. The number of oxazole rings is 1. The number of fused-ring (bicyclic) bond motifs is 1. The van der Waals surface area contributed by atoms with Crippen LogP contribution >= 0.6 is 0 Å². The van der Waals surface area contributed by atoms with Crippen molar-refractivity contribution in [2.24, 2.45) is 0 Å². The lowest BCUT2D eigenvalue weighted by Crippen LogP contribution is -2.39. The average molecular weight is 407 g/mol. The molecule has 1 saturated heterocycles. The number of likely N-dealkylation sites (tertiary alicyclic amines) is 1. The summed E-state index contributed by atoms with van der Waals surface area (Å²) in [6.07, 6.45) is 1.97. The SMILES string of the molecule is COC(=O)c1ccc(C)c(NC(=O)CN2CCCC(c3nc4ccccc4o3)C2)c1. The number of hydrogen-bond donors (Lipinski definition) is 1. The fourth-order valence-corrected chi connectivity index (χ4v) is 3.86. The van der Waals surface area contributed by atoms with Crippen LogP contribution in [0.25, 0.3) is 11.1 Å². The monoisotopic (exact) mass is 407 g/mol. The molecule has 7 heteroatoms. The van der Waals surface area contributed by atoms with E-state index >= 15 is 0 Å². The van der Waals surface area contributed by atoms with Crippen LogP contribution in [-0.2, 0) is 9.53 Å². The van der Waals surface area contributed by atoms with Gasteiger partial charge in [0.2, 0.25) is 5.91 Å². The Kier molecular flexibility index (Phi) is 5.81. The molecule has 156 valence electrons. The number of esters is 1. The molecule has 1 aliphatic heterocycles. The molecule has 1 unspecified atom stereocenters. The van der Waals surface area contributed by atoms with E-state index in [2.05, 4.69) is 15.2 Å². The van der Waals surface area contributed by atoms with Crippen molar-refractivity contribution in [3.8, 4) is 0 Å². The van der Waals surface area contributed by atoms with Crippen LogP contribution in [0.3, 0.4) is 0 Å². The van der Waals surface area contributed by atoms with Gasteiger partial charge in [-0.3, -0.25) is 9.69 Å². The zero-order valence-corrected chi connectivity index (χ0v) is 17.2. The summed E-state index contributed by atoms with van der Waals surface area (Å²) in [7, 11) is 1.34. The fraction of sp³-hybridized carbons (Fsp3) is 0.348. The van der Waals surface area contributed by atoms with Gasteiger partial charge in [-0.05, 0) is 56.1 Å². The molecule has 30 heavy (non-hydrogen) atoms. The Morgan fingerprint density at radius 3 is 2.90 bits per heavy atom. The number of amides is 1. The van der Waals surface area contributed by atoms with Gasteiger partial charge >= 0.3 is 5.97 Å². The summed E-state index contributed by atoms with van der Waals surface area (Å²) in [6, 6.07) is 12.9. The summed E-state index contributed by atoms with van der Waals surface area (Å²) in [5, 5.41) is 2.93. The van der Waals surface area contributed by atoms with E-state index in [9.17, 15) is 9.59 Å². The van der Waals surface area contributed by atoms with Crippen molar-refractivity contribution >= 4 is 28.7 Å². The molecule has 3 aromatic rings. The number of nitrogens with one attached hydrogen (secondary N) is 1. The van der Waals surface area contributed by atoms with Crippen LogP contribution in [0, 0.1) is 6.92 Å². The number of benzene rings is 2. The first-order valence-corrected chi connectivity index (χ1v) is 10.1. The Labute approximate surface area is 175 Å². The molecule has 1 amide bonds. The lowest BCUT2D eigenvalue weighted by atomic mass is 9.98. The molecule has 1 aliphatic rings. The number of carbonyl (C=O) groups is 2. The molecule has 0 spiro atoms. The molecule has 1 aromatic heterocycles. The van der Waals surface area contributed by atoms with Crippen molar-refractivity contribution in [3.05, 3.63) is 59.5 Å². The van der Waals surface area contributed by atoms with E-state index < -0.39 is 5.97 Å². The molecule has 7 nitrogen and oxygen atoms in total. The number of methoxy groups -OCH3 is 1. The van der Waals surface area contributed by atoms with Crippen LogP contribution in [-0.4, -0.2) is 48.5 Å². The van der Waals surface area contributed by atoms with Crippen LogP contribution in [0.1, 0.15) is 40.6 Å². The molecule has 0 bridgehead atoms. The van der Waals surface area contributed by atoms with Crippen molar-refractivity contribution in [1.82, 2.24) is 9.88 Å². The molecule has 2 aromatic carbocycles. The maximum absolute atomic E-state index is 12.7. The van der Waals surface area contributed by atoms with Crippen molar-refractivity contribution in [2.75, 3.05) is 32.1 Å². The van der Waals surface area contributed by atoms with Gasteiger partial charge in [-0.2, -0.15) is 0 Å². The molecule has 4 rings (SSSR count). The van der Waals surface area contributed by atoms with Crippen LogP contribution in [0.15, 0.2) is 46.9 Å². The second kappa shape index (κ2) is 8.67. The van der Waals surface area contributed by atoms with Gasteiger partial charge in [0.05, 0.1) is 19.2 Å². The summed E-state index contributed by atoms with van der Waals surface area (Å²) in [5.41, 5.74) is 3.58.